The summed E-state index contributed by atoms with van der Waals surface area (Å²) in [7, 11) is 0. The van der Waals surface area contributed by atoms with Crippen molar-refractivity contribution < 1.29 is 19.4 Å². The van der Waals surface area contributed by atoms with Gasteiger partial charge in [-0.1, -0.05) is 32.0 Å². The normalized spacial score (nSPS) is 19.4. The summed E-state index contributed by atoms with van der Waals surface area (Å²) in [5.41, 5.74) is 1.85. The molecule has 1 atom stereocenters. The van der Waals surface area contributed by atoms with Crippen molar-refractivity contribution in [1.82, 2.24) is 0 Å². The van der Waals surface area contributed by atoms with Crippen LogP contribution in [0.25, 0.3) is 0 Å². The molecule has 1 aromatic rings. The molecule has 1 fully saturated rings. The largest absolute Gasteiger partial charge is 0.479 e. The number of cyclic esters (lactones) is 1. The zero-order chi connectivity index (χ0) is 14.0. The van der Waals surface area contributed by atoms with Gasteiger partial charge < -0.3 is 9.84 Å². The monoisotopic (exact) mass is 263 g/mol. The molecular formula is C14H17NO4. The lowest BCUT2D eigenvalue weighted by molar-refractivity contribution is -0.147. The molecule has 0 radical (unpaired) electrons. The predicted octanol–water partition coefficient (Wildman–Crippen LogP) is 2.61. The van der Waals surface area contributed by atoms with Crippen LogP contribution in [0.5, 0.6) is 0 Å². The molecule has 5 nitrogen and oxygen atoms in total. The van der Waals surface area contributed by atoms with Crippen LogP contribution in [0.2, 0.25) is 0 Å². The molecule has 2 rings (SSSR count). The summed E-state index contributed by atoms with van der Waals surface area (Å²) >= 11 is 0. The Kier molecular flexibility index (Phi) is 3.74. The molecule has 5 heteroatoms. The summed E-state index contributed by atoms with van der Waals surface area (Å²) in [5, 5.41) is 8.86. The molecule has 1 saturated heterocycles. The highest BCUT2D eigenvalue weighted by atomic mass is 16.6. The SMILES string of the molecule is CC(C)c1ccccc1N1CCC(C(=O)O)OC1=O. The summed E-state index contributed by atoms with van der Waals surface area (Å²) in [6, 6.07) is 7.61. The topological polar surface area (TPSA) is 66.8 Å². The number of hydrogen-bond donors (Lipinski definition) is 1. The molecule has 1 heterocycles. The Morgan fingerprint density at radius 2 is 2.11 bits per heavy atom. The van der Waals surface area contributed by atoms with Gasteiger partial charge in [0.25, 0.3) is 0 Å². The Morgan fingerprint density at radius 3 is 2.68 bits per heavy atom. The number of carboxylic acid groups (broad SMARTS) is 1. The fourth-order valence-electron chi connectivity index (χ4n) is 2.20. The van der Waals surface area contributed by atoms with Crippen molar-refractivity contribution in [3.05, 3.63) is 29.8 Å². The molecule has 1 N–H and O–H groups in total. The quantitative estimate of drug-likeness (QED) is 0.910. The second-order valence-corrected chi connectivity index (χ2v) is 4.86. The second-order valence-electron chi connectivity index (χ2n) is 4.86. The van der Waals surface area contributed by atoms with Crippen LogP contribution >= 0.6 is 0 Å². The number of rotatable bonds is 3. The summed E-state index contributed by atoms with van der Waals surface area (Å²) in [5.74, 6) is -0.814. The molecule has 19 heavy (non-hydrogen) atoms. The Morgan fingerprint density at radius 1 is 1.42 bits per heavy atom. The highest BCUT2D eigenvalue weighted by Gasteiger charge is 2.33. The molecule has 102 valence electrons. The van der Waals surface area contributed by atoms with E-state index in [0.717, 1.165) is 11.3 Å². The van der Waals surface area contributed by atoms with E-state index < -0.39 is 18.2 Å². The number of nitrogens with zero attached hydrogens (tertiary/aromatic N) is 1. The lowest BCUT2D eigenvalue weighted by Gasteiger charge is -2.31. The van der Waals surface area contributed by atoms with Crippen LogP contribution in [-0.4, -0.2) is 29.8 Å². The maximum absolute atomic E-state index is 11.9. The van der Waals surface area contributed by atoms with E-state index in [-0.39, 0.29) is 5.92 Å². The van der Waals surface area contributed by atoms with Gasteiger partial charge in [-0.05, 0) is 17.5 Å². The van der Waals surface area contributed by atoms with Crippen LogP contribution in [0, 0.1) is 0 Å². The number of aliphatic carboxylic acids is 1. The third-order valence-electron chi connectivity index (χ3n) is 3.20. The Labute approximate surface area is 111 Å². The Bertz CT molecular complexity index is 498. The van der Waals surface area contributed by atoms with Crippen LogP contribution in [0.1, 0.15) is 31.7 Å². The van der Waals surface area contributed by atoms with E-state index in [9.17, 15) is 9.59 Å². The van der Waals surface area contributed by atoms with Crippen LogP contribution in [0.15, 0.2) is 24.3 Å². The standard InChI is InChI=1S/C14H17NO4/c1-9(2)10-5-3-4-6-11(10)15-8-7-12(13(16)17)19-14(15)18/h3-6,9,12H,7-8H2,1-2H3,(H,16,17). The minimum Gasteiger partial charge on any atom is -0.479 e. The maximum atomic E-state index is 11.9. The zero-order valence-electron chi connectivity index (χ0n) is 11.0. The van der Waals surface area contributed by atoms with E-state index in [1.54, 1.807) is 0 Å². The summed E-state index contributed by atoms with van der Waals surface area (Å²) < 4.78 is 4.94. The van der Waals surface area contributed by atoms with Crippen molar-refractivity contribution >= 4 is 17.7 Å². The van der Waals surface area contributed by atoms with Gasteiger partial charge in [-0.3, -0.25) is 4.90 Å². The minimum absolute atomic E-state index is 0.279. The average Bonchev–Trinajstić information content (AvgIpc) is 2.38. The van der Waals surface area contributed by atoms with E-state index in [1.807, 2.05) is 38.1 Å². The highest BCUT2D eigenvalue weighted by molar-refractivity contribution is 5.91. The minimum atomic E-state index is -1.09. The lowest BCUT2D eigenvalue weighted by atomic mass is 10.00. The van der Waals surface area contributed by atoms with Gasteiger partial charge >= 0.3 is 12.1 Å². The van der Waals surface area contributed by atoms with Crippen molar-refractivity contribution in [3.8, 4) is 0 Å². The van der Waals surface area contributed by atoms with Crippen LogP contribution < -0.4 is 4.90 Å². The number of benzene rings is 1. The van der Waals surface area contributed by atoms with Gasteiger partial charge in [0.2, 0.25) is 6.10 Å². The number of carbonyl (C=O) groups excluding carboxylic acids is 1. The fourth-order valence-corrected chi connectivity index (χ4v) is 2.20. The van der Waals surface area contributed by atoms with Gasteiger partial charge in [0.1, 0.15) is 0 Å². The van der Waals surface area contributed by atoms with Crippen LogP contribution in [0.3, 0.4) is 0 Å². The third kappa shape index (κ3) is 2.70. The van der Waals surface area contributed by atoms with E-state index >= 15 is 0 Å². The third-order valence-corrected chi connectivity index (χ3v) is 3.20. The number of carbonyl (C=O) groups is 2. The lowest BCUT2D eigenvalue weighted by Crippen LogP contribution is -2.45. The van der Waals surface area contributed by atoms with Crippen molar-refractivity contribution in [2.24, 2.45) is 0 Å². The molecule has 0 aliphatic carbocycles. The summed E-state index contributed by atoms with van der Waals surface area (Å²) in [6.07, 6.45) is -1.32. The summed E-state index contributed by atoms with van der Waals surface area (Å²) in [4.78, 5) is 24.3. The molecule has 0 aromatic heterocycles. The van der Waals surface area contributed by atoms with Crippen molar-refractivity contribution in [3.63, 3.8) is 0 Å². The molecule has 1 aliphatic heterocycles. The number of carboxylic acids is 1. The highest BCUT2D eigenvalue weighted by Crippen LogP contribution is 2.29. The van der Waals surface area contributed by atoms with Gasteiger partial charge in [-0.2, -0.15) is 0 Å². The molecule has 0 saturated carbocycles. The van der Waals surface area contributed by atoms with Crippen molar-refractivity contribution in [2.45, 2.75) is 32.3 Å². The summed E-state index contributed by atoms with van der Waals surface area (Å²) in [6.45, 7) is 4.46. The van der Waals surface area contributed by atoms with E-state index in [1.165, 1.54) is 4.90 Å². The van der Waals surface area contributed by atoms with Crippen molar-refractivity contribution in [1.29, 1.82) is 0 Å². The molecule has 1 unspecified atom stereocenters. The molecule has 1 amide bonds. The fraction of sp³-hybridized carbons (Fsp3) is 0.429. The molecule has 0 bridgehead atoms. The number of hydrogen-bond acceptors (Lipinski definition) is 3. The smallest absolute Gasteiger partial charge is 0.415 e. The first-order valence-electron chi connectivity index (χ1n) is 6.30. The molecule has 1 aromatic carbocycles. The second kappa shape index (κ2) is 5.30. The van der Waals surface area contributed by atoms with Gasteiger partial charge in [-0.15, -0.1) is 0 Å². The zero-order valence-corrected chi connectivity index (χ0v) is 11.0. The van der Waals surface area contributed by atoms with E-state index in [0.29, 0.717) is 13.0 Å². The molecule has 0 spiro atoms. The van der Waals surface area contributed by atoms with Crippen molar-refractivity contribution in [2.75, 3.05) is 11.4 Å². The average molecular weight is 263 g/mol. The van der Waals surface area contributed by atoms with Crippen LogP contribution in [0.4, 0.5) is 10.5 Å². The van der Waals surface area contributed by atoms with Gasteiger partial charge in [0.15, 0.2) is 0 Å². The number of amides is 1. The van der Waals surface area contributed by atoms with E-state index in [2.05, 4.69) is 0 Å². The van der Waals surface area contributed by atoms with Gasteiger partial charge in [0, 0.05) is 13.0 Å². The number of ether oxygens (including phenoxy) is 1. The predicted molar refractivity (Wildman–Crippen MR) is 70.4 cm³/mol. The number of para-hydroxylation sites is 1. The molecular weight excluding hydrogens is 246 g/mol. The first kappa shape index (κ1) is 13.4. The maximum Gasteiger partial charge on any atom is 0.415 e. The van der Waals surface area contributed by atoms with Gasteiger partial charge in [-0.25, -0.2) is 9.59 Å². The van der Waals surface area contributed by atoms with Gasteiger partial charge in [0.05, 0.1) is 5.69 Å². The van der Waals surface area contributed by atoms with E-state index in [4.69, 9.17) is 9.84 Å². The van der Waals surface area contributed by atoms with Crippen LogP contribution in [-0.2, 0) is 9.53 Å². The Hall–Kier alpha value is -2.04. The first-order chi connectivity index (χ1) is 9.00. The Balaban J connectivity index is 2.24. The number of anilines is 1. The molecule has 1 aliphatic rings. The first-order valence-corrected chi connectivity index (χ1v) is 6.30.